The Hall–Kier alpha value is -2.07. The van der Waals surface area contributed by atoms with Crippen molar-refractivity contribution in [1.82, 2.24) is 0 Å². The molecule has 0 aromatic heterocycles. The van der Waals surface area contributed by atoms with Gasteiger partial charge in [-0.25, -0.2) is 0 Å². The minimum atomic E-state index is 0.0492. The molecule has 0 atom stereocenters. The van der Waals surface area contributed by atoms with Crippen molar-refractivity contribution >= 4 is 16.6 Å². The highest BCUT2D eigenvalue weighted by atomic mass is 16.5. The molecule has 0 radical (unpaired) electrons. The quantitative estimate of drug-likeness (QED) is 0.427. The highest BCUT2D eigenvalue weighted by molar-refractivity contribution is 6.09. The van der Waals surface area contributed by atoms with Gasteiger partial charge in [-0.05, 0) is 17.5 Å². The van der Waals surface area contributed by atoms with Crippen molar-refractivity contribution in [2.45, 2.75) is 6.42 Å². The van der Waals surface area contributed by atoms with Crippen LogP contribution in [0.1, 0.15) is 12.0 Å². The van der Waals surface area contributed by atoms with E-state index >= 15 is 0 Å². The van der Waals surface area contributed by atoms with Gasteiger partial charge < -0.3 is 15.6 Å². The van der Waals surface area contributed by atoms with Gasteiger partial charge in [-0.15, -0.1) is 0 Å². The molecule has 0 aliphatic rings. The normalized spacial score (nSPS) is 10.5. The number of aliphatic hydroxyl groups is 1. The maximum Gasteiger partial charge on any atom is 0.127 e. The highest BCUT2D eigenvalue weighted by Gasteiger charge is 2.08. The first-order valence-electron chi connectivity index (χ1n) is 5.84. The Morgan fingerprint density at radius 3 is 2.56 bits per heavy atom. The molecule has 0 unspecified atom stereocenters. The van der Waals surface area contributed by atoms with Gasteiger partial charge in [0.25, 0.3) is 0 Å². The fourth-order valence-electron chi connectivity index (χ4n) is 1.88. The Bertz CT molecular complexity index is 567. The van der Waals surface area contributed by atoms with Gasteiger partial charge in [-0.3, -0.25) is 5.41 Å². The Morgan fingerprint density at radius 2 is 1.89 bits per heavy atom. The summed E-state index contributed by atoms with van der Waals surface area (Å²) in [6.07, 6.45) is 0.600. The molecule has 0 aliphatic heterocycles. The number of benzene rings is 2. The zero-order valence-electron chi connectivity index (χ0n) is 10.0. The van der Waals surface area contributed by atoms with Crippen molar-refractivity contribution < 1.29 is 9.84 Å². The van der Waals surface area contributed by atoms with Crippen LogP contribution >= 0.6 is 0 Å². The Balaban J connectivity index is 2.44. The number of ether oxygens (including phenoxy) is 1. The summed E-state index contributed by atoms with van der Waals surface area (Å²) in [5.41, 5.74) is 6.27. The van der Waals surface area contributed by atoms with E-state index in [0.29, 0.717) is 18.6 Å². The van der Waals surface area contributed by atoms with Gasteiger partial charge in [-0.2, -0.15) is 0 Å². The van der Waals surface area contributed by atoms with Crippen LogP contribution in [0, 0.1) is 5.41 Å². The monoisotopic (exact) mass is 244 g/mol. The summed E-state index contributed by atoms with van der Waals surface area (Å²) >= 11 is 0. The summed E-state index contributed by atoms with van der Waals surface area (Å²) < 4.78 is 5.62. The molecule has 0 aliphatic carbocycles. The molecule has 0 fully saturated rings. The number of aliphatic hydroxyl groups excluding tert-OH is 1. The third-order valence-corrected chi connectivity index (χ3v) is 2.73. The van der Waals surface area contributed by atoms with E-state index in [-0.39, 0.29) is 12.4 Å². The second-order valence-corrected chi connectivity index (χ2v) is 4.00. The van der Waals surface area contributed by atoms with E-state index in [0.717, 1.165) is 16.5 Å². The van der Waals surface area contributed by atoms with Gasteiger partial charge in [0.05, 0.1) is 6.61 Å². The summed E-state index contributed by atoms with van der Waals surface area (Å²) in [6.45, 7) is 0.587. The van der Waals surface area contributed by atoms with Gasteiger partial charge in [0, 0.05) is 24.0 Å². The molecule has 0 heterocycles. The summed E-state index contributed by atoms with van der Waals surface area (Å²) in [4.78, 5) is 0. The molecule has 2 aromatic rings. The average Bonchev–Trinajstić information content (AvgIpc) is 2.38. The van der Waals surface area contributed by atoms with Crippen molar-refractivity contribution in [3.63, 3.8) is 0 Å². The SMILES string of the molecule is N=C(N)c1ccc(OCCCO)c2ccccc12. The Kier molecular flexibility index (Phi) is 3.79. The lowest BCUT2D eigenvalue weighted by atomic mass is 10.0. The average molecular weight is 244 g/mol. The zero-order valence-corrected chi connectivity index (χ0v) is 10.0. The zero-order chi connectivity index (χ0) is 13.0. The van der Waals surface area contributed by atoms with E-state index in [1.54, 1.807) is 6.07 Å². The lowest BCUT2D eigenvalue weighted by molar-refractivity contribution is 0.235. The first kappa shape index (κ1) is 12.4. The van der Waals surface area contributed by atoms with Crippen molar-refractivity contribution in [3.05, 3.63) is 42.0 Å². The molecule has 4 N–H and O–H groups in total. The van der Waals surface area contributed by atoms with Crippen molar-refractivity contribution in [2.75, 3.05) is 13.2 Å². The van der Waals surface area contributed by atoms with Gasteiger partial charge in [0.1, 0.15) is 11.6 Å². The smallest absolute Gasteiger partial charge is 0.127 e. The molecule has 4 nitrogen and oxygen atoms in total. The minimum absolute atomic E-state index is 0.0492. The van der Waals surface area contributed by atoms with E-state index in [1.165, 1.54) is 0 Å². The van der Waals surface area contributed by atoms with E-state index in [4.69, 9.17) is 21.0 Å². The summed E-state index contributed by atoms with van der Waals surface area (Å²) in [6, 6.07) is 11.3. The van der Waals surface area contributed by atoms with Crippen molar-refractivity contribution in [3.8, 4) is 5.75 Å². The van der Waals surface area contributed by atoms with Crippen LogP contribution in [0.5, 0.6) is 5.75 Å². The number of rotatable bonds is 5. The molecule has 0 bridgehead atoms. The number of fused-ring (bicyclic) bond motifs is 1. The molecule has 2 aromatic carbocycles. The topological polar surface area (TPSA) is 79.3 Å². The van der Waals surface area contributed by atoms with Crippen LogP contribution in [0.15, 0.2) is 36.4 Å². The number of amidine groups is 1. The Morgan fingerprint density at radius 1 is 1.17 bits per heavy atom. The van der Waals surface area contributed by atoms with E-state index in [2.05, 4.69) is 0 Å². The van der Waals surface area contributed by atoms with Crippen LogP contribution in [0.4, 0.5) is 0 Å². The predicted octanol–water partition coefficient (Wildman–Crippen LogP) is 1.89. The number of hydrogen-bond acceptors (Lipinski definition) is 3. The fraction of sp³-hybridized carbons (Fsp3) is 0.214. The molecule has 2 rings (SSSR count). The second kappa shape index (κ2) is 5.51. The molecule has 0 saturated carbocycles. The molecule has 0 saturated heterocycles. The third kappa shape index (κ3) is 2.43. The van der Waals surface area contributed by atoms with Gasteiger partial charge in [-0.1, -0.05) is 24.3 Å². The van der Waals surface area contributed by atoms with Crippen molar-refractivity contribution in [2.24, 2.45) is 5.73 Å². The summed E-state index contributed by atoms with van der Waals surface area (Å²) in [5.74, 6) is 0.803. The minimum Gasteiger partial charge on any atom is -0.493 e. The maximum atomic E-state index is 8.75. The van der Waals surface area contributed by atoms with Crippen LogP contribution < -0.4 is 10.5 Å². The van der Waals surface area contributed by atoms with E-state index in [1.807, 2.05) is 30.3 Å². The van der Waals surface area contributed by atoms with Gasteiger partial charge >= 0.3 is 0 Å². The van der Waals surface area contributed by atoms with Crippen LogP contribution in [0.3, 0.4) is 0 Å². The van der Waals surface area contributed by atoms with Crippen molar-refractivity contribution in [1.29, 1.82) is 5.41 Å². The number of nitrogens with two attached hydrogens (primary N) is 1. The van der Waals surface area contributed by atoms with Crippen LogP contribution in [-0.4, -0.2) is 24.2 Å². The summed E-state index contributed by atoms with van der Waals surface area (Å²) in [7, 11) is 0. The molecule has 0 spiro atoms. The largest absolute Gasteiger partial charge is 0.493 e. The molecule has 4 heteroatoms. The van der Waals surface area contributed by atoms with Crippen LogP contribution in [0.25, 0.3) is 10.8 Å². The molecule has 18 heavy (non-hydrogen) atoms. The molecule has 94 valence electrons. The van der Waals surface area contributed by atoms with Gasteiger partial charge in [0.2, 0.25) is 0 Å². The van der Waals surface area contributed by atoms with E-state index in [9.17, 15) is 0 Å². The number of nitrogens with one attached hydrogen (secondary N) is 1. The van der Waals surface area contributed by atoms with Gasteiger partial charge in [0.15, 0.2) is 0 Å². The third-order valence-electron chi connectivity index (χ3n) is 2.73. The lowest BCUT2D eigenvalue weighted by Gasteiger charge is -2.11. The second-order valence-electron chi connectivity index (χ2n) is 4.00. The number of hydrogen-bond donors (Lipinski definition) is 3. The number of nitrogen functional groups attached to an aromatic ring is 1. The maximum absolute atomic E-state index is 8.75. The first-order chi connectivity index (χ1) is 8.74. The fourth-order valence-corrected chi connectivity index (χ4v) is 1.88. The van der Waals surface area contributed by atoms with Crippen LogP contribution in [-0.2, 0) is 0 Å². The first-order valence-corrected chi connectivity index (χ1v) is 5.84. The lowest BCUT2D eigenvalue weighted by Crippen LogP contribution is -2.11. The highest BCUT2D eigenvalue weighted by Crippen LogP contribution is 2.28. The predicted molar refractivity (Wildman–Crippen MR) is 72.2 cm³/mol. The molecule has 0 amide bonds. The standard InChI is InChI=1S/C14H16N2O2/c15-14(16)12-6-7-13(18-9-3-8-17)11-5-2-1-4-10(11)12/h1-2,4-7,17H,3,8-9H2,(H3,15,16). The van der Waals surface area contributed by atoms with Crippen LogP contribution in [0.2, 0.25) is 0 Å². The molecular formula is C14H16N2O2. The van der Waals surface area contributed by atoms with E-state index < -0.39 is 0 Å². The summed E-state index contributed by atoms with van der Waals surface area (Å²) in [5, 5.41) is 18.2. The Labute approximate surface area is 106 Å². The molecular weight excluding hydrogens is 228 g/mol.